The van der Waals surface area contributed by atoms with Crippen molar-refractivity contribution in [3.63, 3.8) is 0 Å². The molecule has 0 saturated heterocycles. The third-order valence-corrected chi connectivity index (χ3v) is 3.92. The van der Waals surface area contributed by atoms with Gasteiger partial charge in [-0.2, -0.15) is 4.98 Å². The van der Waals surface area contributed by atoms with E-state index in [4.69, 9.17) is 10.5 Å². The number of ether oxygens (including phenoxy) is 1. The molecule has 0 radical (unpaired) electrons. The maximum atomic E-state index is 5.78. The molecule has 4 heteroatoms. The Morgan fingerprint density at radius 3 is 2.94 bits per heavy atom. The molecule has 1 heterocycles. The van der Waals surface area contributed by atoms with Crippen molar-refractivity contribution in [2.24, 2.45) is 17.6 Å². The number of hydrogen-bond acceptors (Lipinski definition) is 3. The highest BCUT2D eigenvalue weighted by atomic mass is 16.5. The fraction of sp³-hybridized carbons (Fsp3) is 0.500. The Kier molecular flexibility index (Phi) is 3.19. The fourth-order valence-electron chi connectivity index (χ4n) is 2.83. The van der Waals surface area contributed by atoms with Crippen LogP contribution in [0, 0.1) is 11.8 Å². The molecule has 1 saturated carbocycles. The Morgan fingerprint density at radius 2 is 2.11 bits per heavy atom. The van der Waals surface area contributed by atoms with Crippen molar-refractivity contribution in [3.8, 4) is 6.01 Å². The summed E-state index contributed by atoms with van der Waals surface area (Å²) < 4.78 is 5.78. The van der Waals surface area contributed by atoms with Gasteiger partial charge in [-0.05, 0) is 43.4 Å². The molecule has 1 fully saturated rings. The number of nitrogens with two attached hydrogens (primary N) is 1. The zero-order chi connectivity index (χ0) is 12.4. The van der Waals surface area contributed by atoms with Gasteiger partial charge < -0.3 is 15.5 Å². The van der Waals surface area contributed by atoms with Gasteiger partial charge in [-0.25, -0.2) is 0 Å². The smallest absolute Gasteiger partial charge is 0.294 e. The molecule has 3 N–H and O–H groups in total. The largest absolute Gasteiger partial charge is 0.464 e. The van der Waals surface area contributed by atoms with Gasteiger partial charge in [-0.3, -0.25) is 0 Å². The van der Waals surface area contributed by atoms with E-state index in [1.807, 2.05) is 24.3 Å². The molecule has 3 rings (SSSR count). The summed E-state index contributed by atoms with van der Waals surface area (Å²) in [7, 11) is 0. The number of rotatable bonds is 4. The molecule has 2 aromatic rings. The van der Waals surface area contributed by atoms with Gasteiger partial charge in [0.05, 0.1) is 17.6 Å². The van der Waals surface area contributed by atoms with E-state index < -0.39 is 0 Å². The summed E-state index contributed by atoms with van der Waals surface area (Å²) in [6, 6.07) is 8.59. The lowest BCUT2D eigenvalue weighted by atomic mass is 9.97. The first kappa shape index (κ1) is 11.5. The van der Waals surface area contributed by atoms with Crippen LogP contribution >= 0.6 is 0 Å². The van der Waals surface area contributed by atoms with Gasteiger partial charge >= 0.3 is 0 Å². The van der Waals surface area contributed by atoms with Crippen LogP contribution in [0.2, 0.25) is 0 Å². The van der Waals surface area contributed by atoms with Crippen molar-refractivity contribution in [3.05, 3.63) is 24.3 Å². The van der Waals surface area contributed by atoms with Gasteiger partial charge in [0.25, 0.3) is 6.01 Å². The first-order valence-electron chi connectivity index (χ1n) is 6.64. The van der Waals surface area contributed by atoms with Gasteiger partial charge in [0.2, 0.25) is 0 Å². The number of hydrogen-bond donors (Lipinski definition) is 2. The highest BCUT2D eigenvalue weighted by Gasteiger charge is 2.26. The van der Waals surface area contributed by atoms with Crippen molar-refractivity contribution in [1.82, 2.24) is 9.97 Å². The second-order valence-corrected chi connectivity index (χ2v) is 5.06. The Labute approximate surface area is 107 Å². The predicted octanol–water partition coefficient (Wildman–Crippen LogP) is 2.32. The third kappa shape index (κ3) is 2.20. The lowest BCUT2D eigenvalue weighted by molar-refractivity contribution is 0.205. The van der Waals surface area contributed by atoms with Gasteiger partial charge in [-0.15, -0.1) is 0 Å². The standard InChI is InChI=1S/C14H19N3O/c15-8-10-4-3-5-11(10)9-18-14-16-12-6-1-2-7-13(12)17-14/h1-2,6-7,10-11H,3-5,8-9,15H2,(H,16,17). The molecule has 4 nitrogen and oxygen atoms in total. The number of H-pyrrole nitrogens is 1. The second kappa shape index (κ2) is 4.98. The summed E-state index contributed by atoms with van der Waals surface area (Å²) in [6.45, 7) is 1.50. The lowest BCUT2D eigenvalue weighted by Crippen LogP contribution is -2.23. The van der Waals surface area contributed by atoms with Crippen molar-refractivity contribution in [2.75, 3.05) is 13.2 Å². The minimum atomic E-state index is 0.586. The lowest BCUT2D eigenvalue weighted by Gasteiger charge is -2.16. The first-order valence-corrected chi connectivity index (χ1v) is 6.64. The molecule has 96 valence electrons. The molecule has 0 spiro atoms. The maximum absolute atomic E-state index is 5.78. The predicted molar refractivity (Wildman–Crippen MR) is 71.5 cm³/mol. The van der Waals surface area contributed by atoms with E-state index in [0.717, 1.165) is 24.2 Å². The minimum absolute atomic E-state index is 0.586. The average molecular weight is 245 g/mol. The van der Waals surface area contributed by atoms with Gasteiger partial charge in [0, 0.05) is 0 Å². The summed E-state index contributed by atoms with van der Waals surface area (Å²) in [6.07, 6.45) is 3.74. The van der Waals surface area contributed by atoms with E-state index in [2.05, 4.69) is 9.97 Å². The molecule has 0 aliphatic heterocycles. The van der Waals surface area contributed by atoms with Crippen LogP contribution in [-0.4, -0.2) is 23.1 Å². The van der Waals surface area contributed by atoms with Crippen LogP contribution in [0.5, 0.6) is 6.01 Å². The van der Waals surface area contributed by atoms with E-state index in [0.29, 0.717) is 17.8 Å². The summed E-state index contributed by atoms with van der Waals surface area (Å²) in [5.41, 5.74) is 7.75. The number of aromatic nitrogens is 2. The topological polar surface area (TPSA) is 63.9 Å². The molecule has 0 amide bonds. The van der Waals surface area contributed by atoms with Crippen molar-refractivity contribution in [1.29, 1.82) is 0 Å². The number of nitrogens with one attached hydrogen (secondary N) is 1. The van der Waals surface area contributed by atoms with E-state index in [9.17, 15) is 0 Å². The Morgan fingerprint density at radius 1 is 1.28 bits per heavy atom. The number of nitrogens with zero attached hydrogens (tertiary/aromatic N) is 1. The van der Waals surface area contributed by atoms with Gasteiger partial charge in [0.15, 0.2) is 0 Å². The second-order valence-electron chi connectivity index (χ2n) is 5.06. The fourth-order valence-corrected chi connectivity index (χ4v) is 2.83. The molecule has 1 aromatic heterocycles. The summed E-state index contributed by atoms with van der Waals surface area (Å²) in [4.78, 5) is 7.60. The average Bonchev–Trinajstić information content (AvgIpc) is 3.01. The molecule has 2 atom stereocenters. The van der Waals surface area contributed by atoms with E-state index in [1.165, 1.54) is 19.3 Å². The van der Waals surface area contributed by atoms with E-state index in [1.54, 1.807) is 0 Å². The maximum Gasteiger partial charge on any atom is 0.294 e. The first-order chi connectivity index (χ1) is 8.86. The summed E-state index contributed by atoms with van der Waals surface area (Å²) >= 11 is 0. The highest BCUT2D eigenvalue weighted by Crippen LogP contribution is 2.31. The van der Waals surface area contributed by atoms with Crippen LogP contribution in [-0.2, 0) is 0 Å². The molecule has 1 aromatic carbocycles. The summed E-state index contributed by atoms with van der Waals surface area (Å²) in [5.74, 6) is 1.21. The Bertz CT molecular complexity index is 489. The summed E-state index contributed by atoms with van der Waals surface area (Å²) in [5, 5.41) is 0. The normalized spacial score (nSPS) is 23.6. The zero-order valence-corrected chi connectivity index (χ0v) is 10.4. The molecule has 1 aliphatic carbocycles. The zero-order valence-electron chi connectivity index (χ0n) is 10.4. The number of imidazole rings is 1. The number of para-hydroxylation sites is 2. The molecular formula is C14H19N3O. The van der Waals surface area contributed by atoms with Crippen LogP contribution in [0.4, 0.5) is 0 Å². The molecular weight excluding hydrogens is 226 g/mol. The SMILES string of the molecule is NCC1CCCC1COc1nc2ccccc2[nH]1. The van der Waals surface area contributed by atoms with Crippen molar-refractivity contribution < 1.29 is 4.74 Å². The number of fused-ring (bicyclic) bond motifs is 1. The molecule has 18 heavy (non-hydrogen) atoms. The number of benzene rings is 1. The van der Waals surface area contributed by atoms with E-state index >= 15 is 0 Å². The third-order valence-electron chi connectivity index (χ3n) is 3.92. The van der Waals surface area contributed by atoms with Crippen LogP contribution in [0.15, 0.2) is 24.3 Å². The van der Waals surface area contributed by atoms with Crippen LogP contribution in [0.25, 0.3) is 11.0 Å². The van der Waals surface area contributed by atoms with Crippen LogP contribution in [0.3, 0.4) is 0 Å². The highest BCUT2D eigenvalue weighted by molar-refractivity contribution is 5.75. The monoisotopic (exact) mass is 245 g/mol. The Hall–Kier alpha value is -1.55. The Balaban J connectivity index is 1.66. The molecule has 1 aliphatic rings. The molecule has 2 unspecified atom stereocenters. The molecule has 0 bridgehead atoms. The quantitative estimate of drug-likeness (QED) is 0.868. The van der Waals surface area contributed by atoms with E-state index in [-0.39, 0.29) is 0 Å². The van der Waals surface area contributed by atoms with Crippen LogP contribution in [0.1, 0.15) is 19.3 Å². The van der Waals surface area contributed by atoms with Crippen molar-refractivity contribution in [2.45, 2.75) is 19.3 Å². The number of aromatic amines is 1. The van der Waals surface area contributed by atoms with Crippen molar-refractivity contribution >= 4 is 11.0 Å². The minimum Gasteiger partial charge on any atom is -0.464 e. The van der Waals surface area contributed by atoms with Gasteiger partial charge in [-0.1, -0.05) is 18.6 Å². The van der Waals surface area contributed by atoms with Crippen LogP contribution < -0.4 is 10.5 Å². The van der Waals surface area contributed by atoms with Gasteiger partial charge in [0.1, 0.15) is 0 Å².